The molecule has 162 valence electrons. The van der Waals surface area contributed by atoms with Crippen molar-refractivity contribution in [3.8, 4) is 11.4 Å². The van der Waals surface area contributed by atoms with Crippen LogP contribution < -0.4 is 5.32 Å². The summed E-state index contributed by atoms with van der Waals surface area (Å²) in [7, 11) is 0. The van der Waals surface area contributed by atoms with Crippen LogP contribution in [0.2, 0.25) is 0 Å². The Morgan fingerprint density at radius 3 is 2.52 bits per heavy atom. The molecular weight excluding hydrogens is 442 g/mol. The van der Waals surface area contributed by atoms with Gasteiger partial charge in [-0.1, -0.05) is 11.8 Å². The number of amides is 1. The fourth-order valence-corrected chi connectivity index (χ4v) is 3.76. The van der Waals surface area contributed by atoms with Gasteiger partial charge in [-0.25, -0.2) is 9.36 Å². The minimum atomic E-state index is -0.720. The van der Waals surface area contributed by atoms with Crippen molar-refractivity contribution in [3.05, 3.63) is 51.2 Å². The Morgan fingerprint density at radius 1 is 1.23 bits per heavy atom. The third-order valence-electron chi connectivity index (χ3n) is 3.68. The van der Waals surface area contributed by atoms with Crippen molar-refractivity contribution in [2.75, 3.05) is 11.1 Å². The van der Waals surface area contributed by atoms with Crippen LogP contribution in [-0.4, -0.2) is 43.0 Å². The number of non-ortho nitro benzene ring substituents is 1. The Labute approximate surface area is 185 Å². The van der Waals surface area contributed by atoms with Gasteiger partial charge in [0.2, 0.25) is 11.1 Å². The predicted molar refractivity (Wildman–Crippen MR) is 117 cm³/mol. The molecule has 1 N–H and O–H groups in total. The van der Waals surface area contributed by atoms with Crippen molar-refractivity contribution in [1.82, 2.24) is 14.8 Å². The van der Waals surface area contributed by atoms with E-state index in [1.807, 2.05) is 16.8 Å². The van der Waals surface area contributed by atoms with Crippen molar-refractivity contribution < 1.29 is 19.2 Å². The molecule has 2 aromatic heterocycles. The van der Waals surface area contributed by atoms with Gasteiger partial charge in [-0.05, 0) is 44.4 Å². The van der Waals surface area contributed by atoms with Crippen molar-refractivity contribution in [2.24, 2.45) is 0 Å². The lowest BCUT2D eigenvalue weighted by Crippen LogP contribution is -2.28. The fourth-order valence-electron chi connectivity index (χ4n) is 2.41. The number of rotatable bonds is 6. The zero-order valence-corrected chi connectivity index (χ0v) is 18.5. The van der Waals surface area contributed by atoms with Gasteiger partial charge >= 0.3 is 6.09 Å². The quantitative estimate of drug-likeness (QED) is 0.324. The van der Waals surface area contributed by atoms with Crippen LogP contribution in [0.5, 0.6) is 0 Å². The zero-order valence-electron chi connectivity index (χ0n) is 16.9. The minimum absolute atomic E-state index is 0.0540. The SMILES string of the molecule is CC(C)(C)OC(=O)n1c(SCC(=O)Nc2ccc([N+](=O)[O-])cc2)nnc1-c1ccsc1. The van der Waals surface area contributed by atoms with Crippen LogP contribution in [0, 0.1) is 10.1 Å². The van der Waals surface area contributed by atoms with Gasteiger partial charge in [0.25, 0.3) is 5.69 Å². The van der Waals surface area contributed by atoms with Crippen molar-refractivity contribution in [3.63, 3.8) is 0 Å². The van der Waals surface area contributed by atoms with E-state index >= 15 is 0 Å². The van der Waals surface area contributed by atoms with Crippen LogP contribution in [0.3, 0.4) is 0 Å². The molecule has 0 aliphatic rings. The summed E-state index contributed by atoms with van der Waals surface area (Å²) in [5.74, 6) is -0.0925. The molecule has 12 heteroatoms. The van der Waals surface area contributed by atoms with Gasteiger partial charge < -0.3 is 10.1 Å². The molecule has 0 saturated carbocycles. The number of nitro benzene ring substituents is 1. The Hall–Kier alpha value is -3.25. The van der Waals surface area contributed by atoms with E-state index in [0.29, 0.717) is 17.1 Å². The van der Waals surface area contributed by atoms with Gasteiger partial charge in [0.15, 0.2) is 5.82 Å². The molecule has 0 atom stereocenters. The average molecular weight is 462 g/mol. The van der Waals surface area contributed by atoms with Crippen LogP contribution >= 0.6 is 23.1 Å². The monoisotopic (exact) mass is 461 g/mol. The molecule has 1 amide bonds. The van der Waals surface area contributed by atoms with E-state index in [1.54, 1.807) is 20.8 Å². The second-order valence-electron chi connectivity index (χ2n) is 7.27. The Morgan fingerprint density at radius 2 is 1.94 bits per heavy atom. The second kappa shape index (κ2) is 9.27. The summed E-state index contributed by atoms with van der Waals surface area (Å²) in [5.41, 5.74) is 0.343. The van der Waals surface area contributed by atoms with Crippen LogP contribution in [0.1, 0.15) is 20.8 Å². The number of anilines is 1. The van der Waals surface area contributed by atoms with Gasteiger partial charge in [0, 0.05) is 28.8 Å². The summed E-state index contributed by atoms with van der Waals surface area (Å²) < 4.78 is 6.72. The summed E-state index contributed by atoms with van der Waals surface area (Å²) in [6.07, 6.45) is -0.642. The smallest absolute Gasteiger partial charge is 0.422 e. The largest absolute Gasteiger partial charge is 0.443 e. The van der Waals surface area contributed by atoms with E-state index in [9.17, 15) is 19.7 Å². The van der Waals surface area contributed by atoms with Crippen molar-refractivity contribution >= 4 is 46.5 Å². The number of aromatic nitrogens is 3. The number of thioether (sulfide) groups is 1. The highest BCUT2D eigenvalue weighted by atomic mass is 32.2. The van der Waals surface area contributed by atoms with Gasteiger partial charge in [-0.2, -0.15) is 11.3 Å². The molecule has 0 spiro atoms. The standard InChI is InChI=1S/C19H19N5O5S2/c1-19(2,3)29-18(26)23-16(12-8-9-30-10-12)21-22-17(23)31-11-15(25)20-13-4-6-14(7-5-13)24(27)28/h4-10H,11H2,1-3H3,(H,20,25). The molecule has 0 bridgehead atoms. The van der Waals surface area contributed by atoms with E-state index in [4.69, 9.17) is 4.74 Å². The Bertz CT molecular complexity index is 1090. The fraction of sp³-hybridized carbons (Fsp3) is 0.263. The highest BCUT2D eigenvalue weighted by Crippen LogP contribution is 2.27. The summed E-state index contributed by atoms with van der Waals surface area (Å²) in [5, 5.41) is 25.4. The Kier molecular flexibility index (Phi) is 6.71. The van der Waals surface area contributed by atoms with Crippen LogP contribution in [0.25, 0.3) is 11.4 Å². The number of carbonyl (C=O) groups excluding carboxylic acids is 2. The molecule has 3 rings (SSSR count). The van der Waals surface area contributed by atoms with Crippen molar-refractivity contribution in [1.29, 1.82) is 0 Å². The first-order chi connectivity index (χ1) is 14.6. The number of nitro groups is 1. The topological polar surface area (TPSA) is 129 Å². The first kappa shape index (κ1) is 22.4. The van der Waals surface area contributed by atoms with E-state index in [-0.39, 0.29) is 22.5 Å². The Balaban J connectivity index is 1.74. The lowest BCUT2D eigenvalue weighted by atomic mass is 10.2. The first-order valence-corrected chi connectivity index (χ1v) is 11.0. The molecule has 0 radical (unpaired) electrons. The molecule has 0 saturated heterocycles. The van der Waals surface area contributed by atoms with E-state index in [2.05, 4.69) is 15.5 Å². The van der Waals surface area contributed by atoms with E-state index in [0.717, 1.165) is 11.8 Å². The predicted octanol–water partition coefficient (Wildman–Crippen LogP) is 4.43. The van der Waals surface area contributed by atoms with Crippen LogP contribution in [0.15, 0.2) is 46.2 Å². The minimum Gasteiger partial charge on any atom is -0.443 e. The second-order valence-corrected chi connectivity index (χ2v) is 9.00. The number of ether oxygens (including phenoxy) is 1. The molecular formula is C19H19N5O5S2. The highest BCUT2D eigenvalue weighted by molar-refractivity contribution is 7.99. The number of hydrogen-bond donors (Lipinski definition) is 1. The molecule has 0 fully saturated rings. The van der Waals surface area contributed by atoms with Gasteiger partial charge in [0.1, 0.15) is 5.60 Å². The number of carbonyl (C=O) groups is 2. The van der Waals surface area contributed by atoms with E-state index < -0.39 is 16.6 Å². The number of thiophene rings is 1. The molecule has 1 aromatic carbocycles. The van der Waals surface area contributed by atoms with Gasteiger partial charge in [0.05, 0.1) is 10.7 Å². The molecule has 0 aliphatic carbocycles. The lowest BCUT2D eigenvalue weighted by molar-refractivity contribution is -0.384. The maximum absolute atomic E-state index is 12.8. The average Bonchev–Trinajstić information content (AvgIpc) is 3.35. The summed E-state index contributed by atoms with van der Waals surface area (Å²) in [4.78, 5) is 35.3. The zero-order chi connectivity index (χ0) is 22.6. The number of nitrogens with zero attached hydrogens (tertiary/aromatic N) is 4. The summed E-state index contributed by atoms with van der Waals surface area (Å²) >= 11 is 2.48. The third kappa shape index (κ3) is 5.89. The highest BCUT2D eigenvalue weighted by Gasteiger charge is 2.26. The van der Waals surface area contributed by atoms with Crippen LogP contribution in [0.4, 0.5) is 16.2 Å². The lowest BCUT2D eigenvalue weighted by Gasteiger charge is -2.20. The number of nitrogens with one attached hydrogen (secondary N) is 1. The maximum Gasteiger partial charge on any atom is 0.422 e. The molecule has 2 heterocycles. The number of hydrogen-bond acceptors (Lipinski definition) is 9. The van der Waals surface area contributed by atoms with Crippen LogP contribution in [-0.2, 0) is 9.53 Å². The van der Waals surface area contributed by atoms with Gasteiger partial charge in [-0.3, -0.25) is 14.9 Å². The summed E-state index contributed by atoms with van der Waals surface area (Å²) in [6.45, 7) is 5.26. The molecule has 10 nitrogen and oxygen atoms in total. The molecule has 3 aromatic rings. The normalized spacial score (nSPS) is 11.2. The van der Waals surface area contributed by atoms with Crippen molar-refractivity contribution in [2.45, 2.75) is 31.5 Å². The number of benzene rings is 1. The van der Waals surface area contributed by atoms with E-state index in [1.165, 1.54) is 40.2 Å². The molecule has 31 heavy (non-hydrogen) atoms. The summed E-state index contributed by atoms with van der Waals surface area (Å²) in [6, 6.07) is 7.30. The molecule has 0 unspecified atom stereocenters. The van der Waals surface area contributed by atoms with Gasteiger partial charge in [-0.15, -0.1) is 10.2 Å². The first-order valence-electron chi connectivity index (χ1n) is 9.02. The molecule has 0 aliphatic heterocycles. The third-order valence-corrected chi connectivity index (χ3v) is 5.30. The maximum atomic E-state index is 12.8.